The van der Waals surface area contributed by atoms with E-state index in [0.29, 0.717) is 27.8 Å². The van der Waals surface area contributed by atoms with Crippen LogP contribution in [0, 0.1) is 0 Å². The summed E-state index contributed by atoms with van der Waals surface area (Å²) in [7, 11) is 1.52. The van der Waals surface area contributed by atoms with E-state index < -0.39 is 17.8 Å². The van der Waals surface area contributed by atoms with Crippen molar-refractivity contribution >= 4 is 52.0 Å². The highest BCUT2D eigenvalue weighted by Gasteiger charge is 2.37. The van der Waals surface area contributed by atoms with Crippen molar-refractivity contribution in [2.24, 2.45) is 0 Å². The predicted octanol–water partition coefficient (Wildman–Crippen LogP) is 5.75. The number of nitrogens with zero attached hydrogens (tertiary/aromatic N) is 1. The van der Waals surface area contributed by atoms with E-state index in [4.69, 9.17) is 21.1 Å². The largest absolute Gasteiger partial charge is 0.497 e. The molecule has 1 aliphatic heterocycles. The van der Waals surface area contributed by atoms with Gasteiger partial charge in [-0.05, 0) is 64.9 Å². The van der Waals surface area contributed by atoms with Gasteiger partial charge in [0.15, 0.2) is 0 Å². The van der Waals surface area contributed by atoms with Crippen LogP contribution in [0.5, 0.6) is 11.5 Å². The van der Waals surface area contributed by atoms with E-state index in [0.717, 1.165) is 21.2 Å². The lowest BCUT2D eigenvalue weighted by Crippen LogP contribution is -2.54. The maximum absolute atomic E-state index is 13.5. The number of rotatable bonds is 6. The first-order valence-electron chi connectivity index (χ1n) is 11.4. The van der Waals surface area contributed by atoms with Gasteiger partial charge in [0.25, 0.3) is 11.8 Å². The van der Waals surface area contributed by atoms with Crippen LogP contribution in [-0.2, 0) is 16.2 Å². The Morgan fingerprint density at radius 3 is 2.35 bits per heavy atom. The van der Waals surface area contributed by atoms with Crippen molar-refractivity contribution in [3.63, 3.8) is 0 Å². The van der Waals surface area contributed by atoms with Gasteiger partial charge in [0.2, 0.25) is 0 Å². The smallest absolute Gasteiger partial charge is 0.335 e. The summed E-state index contributed by atoms with van der Waals surface area (Å²) in [6.07, 6.45) is 1.47. The molecule has 0 unspecified atom stereocenters. The summed E-state index contributed by atoms with van der Waals surface area (Å²) in [6, 6.07) is 24.1. The highest BCUT2D eigenvalue weighted by Crippen LogP contribution is 2.32. The highest BCUT2D eigenvalue weighted by atomic mass is 35.5. The Morgan fingerprint density at radius 2 is 1.62 bits per heavy atom. The molecule has 5 rings (SSSR count). The quantitative estimate of drug-likeness (QED) is 0.263. The van der Waals surface area contributed by atoms with Crippen molar-refractivity contribution < 1.29 is 23.9 Å². The Kier molecular flexibility index (Phi) is 6.62. The molecule has 0 aromatic heterocycles. The summed E-state index contributed by atoms with van der Waals surface area (Å²) < 4.78 is 11.3. The minimum Gasteiger partial charge on any atom is -0.497 e. The number of imide groups is 2. The van der Waals surface area contributed by atoms with Gasteiger partial charge in [-0.15, -0.1) is 0 Å². The third kappa shape index (κ3) is 4.90. The third-order valence-corrected chi connectivity index (χ3v) is 6.21. The van der Waals surface area contributed by atoms with E-state index in [9.17, 15) is 14.4 Å². The number of fused-ring (bicyclic) bond motifs is 1. The topological polar surface area (TPSA) is 84.9 Å². The summed E-state index contributed by atoms with van der Waals surface area (Å²) in [5.74, 6) is -0.472. The molecule has 0 radical (unpaired) electrons. The zero-order valence-electron chi connectivity index (χ0n) is 19.7. The van der Waals surface area contributed by atoms with Gasteiger partial charge in [0.1, 0.15) is 23.7 Å². The average molecular weight is 513 g/mol. The van der Waals surface area contributed by atoms with Crippen molar-refractivity contribution in [1.29, 1.82) is 0 Å². The van der Waals surface area contributed by atoms with Gasteiger partial charge in [-0.1, -0.05) is 54.1 Å². The van der Waals surface area contributed by atoms with E-state index in [-0.39, 0.29) is 12.2 Å². The summed E-state index contributed by atoms with van der Waals surface area (Å²) >= 11 is 5.98. The third-order valence-electron chi connectivity index (χ3n) is 5.96. The molecule has 4 amide bonds. The Labute approximate surface area is 217 Å². The predicted molar refractivity (Wildman–Crippen MR) is 142 cm³/mol. The van der Waals surface area contributed by atoms with Gasteiger partial charge >= 0.3 is 6.03 Å². The highest BCUT2D eigenvalue weighted by molar-refractivity contribution is 6.39. The number of halogens is 1. The number of anilines is 1. The van der Waals surface area contributed by atoms with Crippen LogP contribution in [0.2, 0.25) is 5.02 Å². The van der Waals surface area contributed by atoms with Gasteiger partial charge in [-0.3, -0.25) is 14.9 Å². The average Bonchev–Trinajstić information content (AvgIpc) is 2.91. The summed E-state index contributed by atoms with van der Waals surface area (Å²) in [4.78, 5) is 39.8. The van der Waals surface area contributed by atoms with Crippen molar-refractivity contribution in [2.75, 3.05) is 12.0 Å². The molecule has 1 saturated heterocycles. The maximum atomic E-state index is 13.5. The summed E-state index contributed by atoms with van der Waals surface area (Å²) in [5, 5.41) is 4.58. The van der Waals surface area contributed by atoms with E-state index in [1.165, 1.54) is 13.2 Å². The fourth-order valence-electron chi connectivity index (χ4n) is 4.06. The minimum absolute atomic E-state index is 0.192. The Bertz CT molecular complexity index is 1550. The number of carbonyl (C=O) groups excluding carboxylic acids is 3. The molecular weight excluding hydrogens is 492 g/mol. The lowest BCUT2D eigenvalue weighted by molar-refractivity contribution is -0.122. The van der Waals surface area contributed by atoms with Crippen LogP contribution in [0.15, 0.2) is 90.5 Å². The molecule has 1 N–H and O–H groups in total. The van der Waals surface area contributed by atoms with Crippen LogP contribution in [0.4, 0.5) is 10.5 Å². The molecule has 0 bridgehead atoms. The number of barbiturate groups is 1. The Morgan fingerprint density at radius 1 is 0.892 bits per heavy atom. The number of nitrogens with one attached hydrogen (secondary N) is 1. The van der Waals surface area contributed by atoms with Crippen LogP contribution in [-0.4, -0.2) is 25.0 Å². The number of urea groups is 1. The lowest BCUT2D eigenvalue weighted by Gasteiger charge is -2.26. The van der Waals surface area contributed by atoms with E-state index in [2.05, 4.69) is 5.32 Å². The van der Waals surface area contributed by atoms with Gasteiger partial charge in [0, 0.05) is 10.6 Å². The van der Waals surface area contributed by atoms with Gasteiger partial charge in [0.05, 0.1) is 12.8 Å². The van der Waals surface area contributed by atoms with Gasteiger partial charge in [-0.25, -0.2) is 9.69 Å². The minimum atomic E-state index is -0.825. The number of hydrogen-bond donors (Lipinski definition) is 1. The molecule has 4 aromatic carbocycles. The first kappa shape index (κ1) is 24.1. The second kappa shape index (κ2) is 10.2. The zero-order chi connectivity index (χ0) is 25.9. The van der Waals surface area contributed by atoms with Crippen LogP contribution in [0.25, 0.3) is 16.8 Å². The molecule has 7 nitrogen and oxygen atoms in total. The van der Waals surface area contributed by atoms with E-state index in [1.54, 1.807) is 42.5 Å². The van der Waals surface area contributed by atoms with Crippen molar-refractivity contribution in [2.45, 2.75) is 6.61 Å². The van der Waals surface area contributed by atoms with Crippen molar-refractivity contribution in [3.05, 3.63) is 107 Å². The number of hydrogen-bond acceptors (Lipinski definition) is 5. The molecule has 4 aromatic rings. The van der Waals surface area contributed by atoms with Crippen LogP contribution in [0.1, 0.15) is 11.1 Å². The second-order valence-electron chi connectivity index (χ2n) is 8.27. The molecule has 8 heteroatoms. The van der Waals surface area contributed by atoms with Crippen molar-refractivity contribution in [3.8, 4) is 11.5 Å². The van der Waals surface area contributed by atoms with Crippen molar-refractivity contribution in [1.82, 2.24) is 5.32 Å². The number of carbonyl (C=O) groups is 3. The molecule has 37 heavy (non-hydrogen) atoms. The number of benzene rings is 4. The van der Waals surface area contributed by atoms with E-state index >= 15 is 0 Å². The maximum Gasteiger partial charge on any atom is 0.335 e. The first-order valence-corrected chi connectivity index (χ1v) is 11.8. The molecular formula is C29H21ClN2O5. The monoisotopic (exact) mass is 512 g/mol. The molecule has 0 aliphatic carbocycles. The van der Waals surface area contributed by atoms with Gasteiger partial charge in [-0.2, -0.15) is 0 Å². The molecule has 1 heterocycles. The second-order valence-corrected chi connectivity index (χ2v) is 8.71. The number of ether oxygens (including phenoxy) is 2. The zero-order valence-corrected chi connectivity index (χ0v) is 20.5. The van der Waals surface area contributed by atoms with Gasteiger partial charge < -0.3 is 9.47 Å². The molecule has 0 atom stereocenters. The van der Waals surface area contributed by atoms with Crippen LogP contribution < -0.4 is 19.7 Å². The fraction of sp³-hybridized carbons (Fsp3) is 0.0690. The molecule has 0 saturated carbocycles. The molecule has 1 fully saturated rings. The van der Waals surface area contributed by atoms with E-state index in [1.807, 2.05) is 42.5 Å². The number of amides is 4. The fourth-order valence-corrected chi connectivity index (χ4v) is 4.19. The Hall–Kier alpha value is -4.62. The van der Waals surface area contributed by atoms with Crippen LogP contribution >= 0.6 is 11.6 Å². The molecule has 184 valence electrons. The summed E-state index contributed by atoms with van der Waals surface area (Å²) in [6.45, 7) is 0.252. The summed E-state index contributed by atoms with van der Waals surface area (Å²) in [5.41, 5.74) is 1.57. The standard InChI is InChI=1S/C29H21ClN2O5/c1-36-22-13-11-21(12-14-22)32-28(34)25(27(33)31-29(32)35)16-24-23-5-3-2-4-19(23)8-15-26(24)37-17-18-6-9-20(30)10-7-18/h2-16H,17H2,1H3,(H,31,33,35)/b25-16+. The molecule has 0 spiro atoms. The SMILES string of the molecule is COc1ccc(N2C(=O)NC(=O)/C(=C\c3c(OCc4ccc(Cl)cc4)ccc4ccccc34)C2=O)cc1. The lowest BCUT2D eigenvalue weighted by atomic mass is 9.99. The number of methoxy groups -OCH3 is 1. The first-order chi connectivity index (χ1) is 17.9. The van der Waals surface area contributed by atoms with Crippen LogP contribution in [0.3, 0.4) is 0 Å². The molecule has 1 aliphatic rings. The normalized spacial score (nSPS) is 14.7. The Balaban J connectivity index is 1.56.